The van der Waals surface area contributed by atoms with Gasteiger partial charge in [0.05, 0.1) is 11.8 Å². The number of carboxylic acid groups (broad SMARTS) is 1. The lowest BCUT2D eigenvalue weighted by atomic mass is 9.50. The van der Waals surface area contributed by atoms with Crippen molar-refractivity contribution in [3.63, 3.8) is 0 Å². The van der Waals surface area contributed by atoms with Gasteiger partial charge in [0.1, 0.15) is 5.75 Å². The number of esters is 1. The average molecular weight is 424 g/mol. The third-order valence-electron chi connectivity index (χ3n) is 6.81. The van der Waals surface area contributed by atoms with Crippen molar-refractivity contribution in [1.29, 1.82) is 0 Å². The summed E-state index contributed by atoms with van der Waals surface area (Å²) in [4.78, 5) is 25.9. The maximum Gasteiger partial charge on any atom is 0.315 e. The van der Waals surface area contributed by atoms with E-state index in [1.54, 1.807) is 6.07 Å². The monoisotopic (exact) mass is 424 g/mol. The zero-order valence-corrected chi connectivity index (χ0v) is 17.5. The van der Waals surface area contributed by atoms with Crippen molar-refractivity contribution in [2.75, 3.05) is 0 Å². The highest BCUT2D eigenvalue weighted by molar-refractivity contribution is 5.91. The molecule has 1 fully saturated rings. The Morgan fingerprint density at radius 2 is 1.59 bits per heavy atom. The second kappa shape index (κ2) is 8.46. The Morgan fingerprint density at radius 1 is 0.844 bits per heavy atom. The molecule has 0 bridgehead atoms. The molecule has 0 aromatic heterocycles. The summed E-state index contributed by atoms with van der Waals surface area (Å²) in [7, 11) is 0. The van der Waals surface area contributed by atoms with E-state index in [9.17, 15) is 14.7 Å². The molecule has 0 heterocycles. The first-order valence-electron chi connectivity index (χ1n) is 11.0. The van der Waals surface area contributed by atoms with E-state index >= 15 is 0 Å². The SMILES string of the molecule is O=C(O)C1C(c2ccccc2)C(C(=O)Oc2cccc3ccccc23)C1C1C=CC=CC1. The first-order valence-corrected chi connectivity index (χ1v) is 11.0. The minimum absolute atomic E-state index is 0.00821. The number of ether oxygens (including phenoxy) is 1. The van der Waals surface area contributed by atoms with E-state index in [0.29, 0.717) is 5.75 Å². The number of fused-ring (bicyclic) bond motifs is 1. The molecule has 0 spiro atoms. The molecule has 4 nitrogen and oxygen atoms in total. The number of carbonyl (C=O) groups excluding carboxylic acids is 1. The third-order valence-corrected chi connectivity index (χ3v) is 6.81. The van der Waals surface area contributed by atoms with Crippen molar-refractivity contribution in [2.24, 2.45) is 23.7 Å². The van der Waals surface area contributed by atoms with Gasteiger partial charge in [0.25, 0.3) is 0 Å². The van der Waals surface area contributed by atoms with Gasteiger partial charge in [-0.25, -0.2) is 0 Å². The van der Waals surface area contributed by atoms with Crippen LogP contribution in [0.2, 0.25) is 0 Å². The van der Waals surface area contributed by atoms with Crippen LogP contribution in [0.25, 0.3) is 10.8 Å². The first-order chi connectivity index (χ1) is 15.6. The number of carbonyl (C=O) groups is 2. The minimum atomic E-state index is -0.860. The Kier molecular flexibility index (Phi) is 5.36. The van der Waals surface area contributed by atoms with Crippen LogP contribution in [0.5, 0.6) is 5.75 Å². The topological polar surface area (TPSA) is 63.6 Å². The molecule has 1 saturated carbocycles. The second-order valence-corrected chi connectivity index (χ2v) is 8.51. The first kappa shape index (κ1) is 20.3. The summed E-state index contributed by atoms with van der Waals surface area (Å²) in [6.07, 6.45) is 8.69. The Labute approximate surface area is 186 Å². The molecule has 0 amide bonds. The molecule has 2 aliphatic rings. The van der Waals surface area contributed by atoms with Crippen LogP contribution < -0.4 is 4.74 Å². The molecule has 32 heavy (non-hydrogen) atoms. The molecule has 0 saturated heterocycles. The summed E-state index contributed by atoms with van der Waals surface area (Å²) >= 11 is 0. The van der Waals surface area contributed by atoms with E-state index in [0.717, 1.165) is 22.8 Å². The van der Waals surface area contributed by atoms with Gasteiger partial charge in [0.2, 0.25) is 0 Å². The highest BCUT2D eigenvalue weighted by Gasteiger charge is 2.60. The number of allylic oxidation sites excluding steroid dienone is 4. The van der Waals surface area contributed by atoms with Gasteiger partial charge in [-0.1, -0.05) is 91.0 Å². The maximum absolute atomic E-state index is 13.6. The Morgan fingerprint density at radius 3 is 2.34 bits per heavy atom. The molecule has 160 valence electrons. The Hall–Kier alpha value is -3.66. The normalized spacial score (nSPS) is 26.4. The molecular formula is C28H24O4. The third kappa shape index (κ3) is 3.52. The predicted octanol–water partition coefficient (Wildman–Crippen LogP) is 5.61. The standard InChI is InChI=1S/C28H24O4/c29-27(30)25-23(19-11-3-1-4-12-19)26(24(25)20-13-5-2-6-14-20)28(31)32-22-17-9-15-18-10-7-8-16-21(18)22/h1-13,15-17,20,23-26H,14H2,(H,29,30). The summed E-state index contributed by atoms with van der Waals surface area (Å²) in [6, 6.07) is 22.9. The minimum Gasteiger partial charge on any atom is -0.481 e. The fourth-order valence-electron chi connectivity index (χ4n) is 5.37. The van der Waals surface area contributed by atoms with E-state index in [1.807, 2.05) is 91.0 Å². The van der Waals surface area contributed by atoms with E-state index in [-0.39, 0.29) is 17.8 Å². The lowest BCUT2D eigenvalue weighted by molar-refractivity contribution is -0.166. The van der Waals surface area contributed by atoms with Gasteiger partial charge < -0.3 is 9.84 Å². The molecule has 0 aliphatic heterocycles. The summed E-state index contributed by atoms with van der Waals surface area (Å²) < 4.78 is 5.96. The van der Waals surface area contributed by atoms with E-state index in [1.165, 1.54) is 0 Å². The molecule has 0 radical (unpaired) electrons. The van der Waals surface area contributed by atoms with Crippen molar-refractivity contribution < 1.29 is 19.4 Å². The number of rotatable bonds is 5. The Bertz CT molecular complexity index is 1210. The molecule has 4 heteroatoms. The fraction of sp³-hybridized carbons (Fsp3) is 0.214. The van der Waals surface area contributed by atoms with Gasteiger partial charge in [-0.15, -0.1) is 0 Å². The summed E-state index contributed by atoms with van der Waals surface area (Å²) in [5.74, 6) is -2.62. The maximum atomic E-state index is 13.6. The van der Waals surface area contributed by atoms with Crippen LogP contribution in [-0.2, 0) is 9.59 Å². The van der Waals surface area contributed by atoms with Crippen LogP contribution in [0.3, 0.4) is 0 Å². The Balaban J connectivity index is 1.52. The smallest absolute Gasteiger partial charge is 0.315 e. The van der Waals surface area contributed by atoms with Crippen LogP contribution in [0.1, 0.15) is 17.9 Å². The quantitative estimate of drug-likeness (QED) is 0.427. The van der Waals surface area contributed by atoms with Crippen LogP contribution in [-0.4, -0.2) is 17.0 Å². The van der Waals surface area contributed by atoms with E-state index in [2.05, 4.69) is 0 Å². The predicted molar refractivity (Wildman–Crippen MR) is 123 cm³/mol. The van der Waals surface area contributed by atoms with E-state index < -0.39 is 23.7 Å². The van der Waals surface area contributed by atoms with Gasteiger partial charge in [0.15, 0.2) is 0 Å². The van der Waals surface area contributed by atoms with Crippen LogP contribution in [0.4, 0.5) is 0 Å². The number of hydrogen-bond acceptors (Lipinski definition) is 3. The largest absolute Gasteiger partial charge is 0.481 e. The number of hydrogen-bond donors (Lipinski definition) is 1. The summed E-state index contributed by atoms with van der Waals surface area (Å²) in [5.41, 5.74) is 0.867. The summed E-state index contributed by atoms with van der Waals surface area (Å²) in [6.45, 7) is 0. The number of benzene rings is 3. The van der Waals surface area contributed by atoms with Crippen molar-refractivity contribution >= 4 is 22.7 Å². The lowest BCUT2D eigenvalue weighted by Crippen LogP contribution is -2.56. The number of carboxylic acids is 1. The molecule has 2 aliphatic carbocycles. The van der Waals surface area contributed by atoms with Gasteiger partial charge >= 0.3 is 11.9 Å². The highest BCUT2D eigenvalue weighted by Crippen LogP contribution is 2.57. The molecule has 5 unspecified atom stereocenters. The summed E-state index contributed by atoms with van der Waals surface area (Å²) in [5, 5.41) is 12.0. The molecule has 5 rings (SSSR count). The zero-order chi connectivity index (χ0) is 22.1. The van der Waals surface area contributed by atoms with Crippen molar-refractivity contribution in [3.05, 3.63) is 103 Å². The van der Waals surface area contributed by atoms with Gasteiger partial charge in [-0.3, -0.25) is 9.59 Å². The fourth-order valence-corrected chi connectivity index (χ4v) is 5.37. The van der Waals surface area contributed by atoms with Gasteiger partial charge in [-0.05, 0) is 35.3 Å². The molecule has 1 N–H and O–H groups in total. The molecule has 3 aromatic carbocycles. The van der Waals surface area contributed by atoms with Crippen molar-refractivity contribution in [3.8, 4) is 5.75 Å². The number of aliphatic carboxylic acids is 1. The van der Waals surface area contributed by atoms with Gasteiger partial charge in [-0.2, -0.15) is 0 Å². The van der Waals surface area contributed by atoms with Crippen molar-refractivity contribution in [2.45, 2.75) is 12.3 Å². The molecule has 3 aromatic rings. The molecular weight excluding hydrogens is 400 g/mol. The van der Waals surface area contributed by atoms with Crippen LogP contribution in [0, 0.1) is 23.7 Å². The highest BCUT2D eigenvalue weighted by atomic mass is 16.5. The average Bonchev–Trinajstić information content (AvgIpc) is 2.80. The van der Waals surface area contributed by atoms with E-state index in [4.69, 9.17) is 4.74 Å². The molecule has 5 atom stereocenters. The van der Waals surface area contributed by atoms with Crippen LogP contribution in [0.15, 0.2) is 97.1 Å². The van der Waals surface area contributed by atoms with Gasteiger partial charge in [0, 0.05) is 11.3 Å². The van der Waals surface area contributed by atoms with Crippen LogP contribution >= 0.6 is 0 Å². The lowest BCUT2D eigenvalue weighted by Gasteiger charge is -2.51. The zero-order valence-electron chi connectivity index (χ0n) is 17.5. The second-order valence-electron chi connectivity index (χ2n) is 8.51. The van der Waals surface area contributed by atoms with Crippen molar-refractivity contribution in [1.82, 2.24) is 0 Å².